The minimum Gasteiger partial charge on any atom is -0.513 e. The van der Waals surface area contributed by atoms with Crippen LogP contribution >= 0.6 is 0 Å². The fourth-order valence-corrected chi connectivity index (χ4v) is 10.5. The van der Waals surface area contributed by atoms with Crippen LogP contribution < -0.4 is 0 Å². The molecule has 4 heterocycles. The smallest absolute Gasteiger partial charge is 0.105 e. The fourth-order valence-electron chi connectivity index (χ4n) is 10.5. The fraction of sp³-hybridized carbons (Fsp3) is 0.419. The normalized spacial score (nSPS) is 12.5. The van der Waals surface area contributed by atoms with Crippen molar-refractivity contribution in [3.05, 3.63) is 260 Å². The molecule has 0 aliphatic rings. The van der Waals surface area contributed by atoms with E-state index in [4.69, 9.17) is 35.6 Å². The molecule has 0 bridgehead atoms. The average Bonchev–Trinajstić information content (AvgIpc) is 0.766. The maximum absolute atomic E-state index is 9.68. The van der Waals surface area contributed by atoms with Crippen molar-refractivity contribution in [3.8, 4) is 56.3 Å². The number of rotatable bonds is 9. The van der Waals surface area contributed by atoms with E-state index < -0.39 is 24.4 Å². The van der Waals surface area contributed by atoms with Gasteiger partial charge in [0, 0.05) is 161 Å². The summed E-state index contributed by atoms with van der Waals surface area (Å²) in [4.78, 5) is 35.7. The molecule has 9 rings (SSSR count). The summed E-state index contributed by atoms with van der Waals surface area (Å²) in [6.07, 6.45) is 12.1. The van der Waals surface area contributed by atoms with Crippen LogP contribution in [0.15, 0.2) is 151 Å². The first-order valence-electron chi connectivity index (χ1n) is 36.8. The summed E-state index contributed by atoms with van der Waals surface area (Å²) in [5.41, 5.74) is 26.4. The van der Waals surface area contributed by atoms with Gasteiger partial charge in [0.2, 0.25) is 0 Å². The molecule has 0 fully saturated rings. The summed E-state index contributed by atoms with van der Waals surface area (Å²) in [6.45, 7) is 60.6. The van der Waals surface area contributed by atoms with E-state index in [2.05, 4.69) is 229 Å². The van der Waals surface area contributed by atoms with Gasteiger partial charge in [-0.2, -0.15) is 0 Å². The molecule has 4 atom stereocenters. The van der Waals surface area contributed by atoms with Gasteiger partial charge < -0.3 is 55.8 Å². The number of aliphatic hydroxyl groups excluding tert-OH is 8. The number of nitrogens with zero attached hydrogens (tertiary/aromatic N) is 8. The molecule has 626 valence electrons. The molecule has 20 heteroatoms. The second-order valence-corrected chi connectivity index (χ2v) is 32.3. The van der Waals surface area contributed by atoms with E-state index in [1.54, 1.807) is 39.5 Å². The summed E-state index contributed by atoms with van der Waals surface area (Å²) < 4.78 is 0. The van der Waals surface area contributed by atoms with Crippen molar-refractivity contribution < 1.29 is 121 Å². The van der Waals surface area contributed by atoms with Crippen LogP contribution in [0.4, 0.5) is 0 Å². The van der Waals surface area contributed by atoms with Crippen molar-refractivity contribution in [3.63, 3.8) is 0 Å². The maximum atomic E-state index is 9.68. The summed E-state index contributed by atoms with van der Waals surface area (Å²) in [5.74, 6) is 0.731. The quantitative estimate of drug-likeness (QED) is 0.0493. The topological polar surface area (TPSA) is 265 Å². The zero-order chi connectivity index (χ0) is 83.4. The first-order valence-corrected chi connectivity index (χ1v) is 36.8. The number of hydrogen-bond donors (Lipinski definition) is 8. The first kappa shape index (κ1) is 110. The Labute approximate surface area is 731 Å². The second kappa shape index (κ2) is 51.2. The van der Waals surface area contributed by atoms with E-state index in [9.17, 15) is 10.2 Å². The summed E-state index contributed by atoms with van der Waals surface area (Å²) in [7, 11) is 0. The Kier molecular flexibility index (Phi) is 49.9. The Hall–Kier alpha value is -6.98. The molecule has 4 radical (unpaired) electrons. The van der Waals surface area contributed by atoms with Gasteiger partial charge in [-0.15, -0.1) is 140 Å². The van der Waals surface area contributed by atoms with Crippen molar-refractivity contribution >= 4 is 0 Å². The molecule has 0 spiro atoms. The van der Waals surface area contributed by atoms with Crippen LogP contribution in [0.2, 0.25) is 0 Å². The minimum atomic E-state index is -0.605. The molecule has 8 N–H and O–H groups in total. The van der Waals surface area contributed by atoms with Crippen molar-refractivity contribution in [2.24, 2.45) is 10.8 Å². The van der Waals surface area contributed by atoms with Crippen molar-refractivity contribution in [1.29, 1.82) is 0 Å². The van der Waals surface area contributed by atoms with Crippen LogP contribution in [-0.2, 0) is 91.3 Å². The second-order valence-electron chi connectivity index (χ2n) is 32.3. The molecule has 4 unspecified atom stereocenters. The van der Waals surface area contributed by atoms with Gasteiger partial charge in [0.25, 0.3) is 0 Å². The predicted molar refractivity (Wildman–Crippen MR) is 449 cm³/mol. The van der Waals surface area contributed by atoms with E-state index in [0.29, 0.717) is 0 Å². The monoisotopic (exact) mass is 2250 g/mol. The number of hydrogen-bond acceptors (Lipinski definition) is 16. The number of benzene rings is 5. The van der Waals surface area contributed by atoms with Gasteiger partial charge in [-0.25, -0.2) is 4.98 Å². The third kappa shape index (κ3) is 43.5. The molecule has 113 heavy (non-hydrogen) atoms. The molecular formula is C93H126Ir4N8O8-4. The molecule has 4 aromatic heterocycles. The van der Waals surface area contributed by atoms with Gasteiger partial charge in [-0.3, -0.25) is 19.9 Å². The van der Waals surface area contributed by atoms with Crippen molar-refractivity contribution in [2.45, 2.75) is 250 Å². The Morgan fingerprint density at radius 2 is 0.743 bits per heavy atom. The van der Waals surface area contributed by atoms with Gasteiger partial charge in [-0.1, -0.05) is 155 Å². The summed E-state index contributed by atoms with van der Waals surface area (Å²) >= 11 is 0. The van der Waals surface area contributed by atoms with E-state index >= 15 is 0 Å². The van der Waals surface area contributed by atoms with E-state index in [-0.39, 0.29) is 125 Å². The molecule has 0 saturated carbocycles. The maximum Gasteiger partial charge on any atom is 0.105 e. The van der Waals surface area contributed by atoms with Crippen molar-refractivity contribution in [2.75, 3.05) is 0 Å². The van der Waals surface area contributed by atoms with Gasteiger partial charge in [0.15, 0.2) is 0 Å². The summed E-state index contributed by atoms with van der Waals surface area (Å²) in [6, 6.07) is 39.0. The number of aliphatic hydroxyl groups is 8. The van der Waals surface area contributed by atoms with Crippen molar-refractivity contribution in [1.82, 2.24) is 39.9 Å². The molecule has 0 saturated heterocycles. The average molecular weight is 2250 g/mol. The molecule has 9 aromatic rings. The Bertz CT molecular complexity index is 4380. The molecule has 5 aromatic carbocycles. The SMILES string of the molecule is CC(C)(C)C(O)=CC(O)C(C)(C)C.CC(O)=CC(C)O.CC(O)=CC(C)O.CC(O)=CC(C)O.Cc1[c-]c(-c2cc(C(C)(C)C)ncn2)cc(C)c1.Cc1[c-]c(-c2ncc(-c3cc(C)cc(C)c3)nc2C)cc(C)c1.Cc1[c-]c(-c2ncc(C)nc2C)cc(C(C)(C)C)c1.Cc1[c-]c(-c2nccnc2C)cc(C)c1.[Ir].[Ir].[Ir].[Ir]. The predicted octanol–water partition coefficient (Wildman–Crippen LogP) is 21.4. The Morgan fingerprint density at radius 3 is 1.10 bits per heavy atom. The summed E-state index contributed by atoms with van der Waals surface area (Å²) in [5, 5.41) is 70.0. The van der Waals surface area contributed by atoms with E-state index in [1.165, 1.54) is 78.5 Å². The molecule has 0 amide bonds. The number of allylic oxidation sites excluding steroid dienone is 4. The largest absolute Gasteiger partial charge is 0.513 e. The van der Waals surface area contributed by atoms with Crippen LogP contribution in [0.1, 0.15) is 209 Å². The third-order valence-corrected chi connectivity index (χ3v) is 15.6. The van der Waals surface area contributed by atoms with Gasteiger partial charge in [0.05, 0.1) is 58.8 Å². The Balaban J connectivity index is -0.00000126. The molecule has 0 aliphatic heterocycles. The van der Waals surface area contributed by atoms with Crippen LogP contribution in [0, 0.1) is 125 Å². The zero-order valence-electron chi connectivity index (χ0n) is 72.4. The van der Waals surface area contributed by atoms with Crippen LogP contribution in [0.25, 0.3) is 56.3 Å². The number of aromatic nitrogens is 8. The molecule has 16 nitrogen and oxygen atoms in total. The van der Waals surface area contributed by atoms with Crippen LogP contribution in [0.5, 0.6) is 0 Å². The minimum absolute atomic E-state index is 0. The van der Waals surface area contributed by atoms with Gasteiger partial charge >= 0.3 is 0 Å². The Morgan fingerprint density at radius 1 is 0.372 bits per heavy atom. The molecule has 0 aliphatic carbocycles. The van der Waals surface area contributed by atoms with Gasteiger partial charge in [0.1, 0.15) is 6.33 Å². The number of aryl methyl sites for hydroxylation is 13. The van der Waals surface area contributed by atoms with Crippen LogP contribution in [-0.4, -0.2) is 105 Å². The van der Waals surface area contributed by atoms with E-state index in [0.717, 1.165) is 107 Å². The van der Waals surface area contributed by atoms with Gasteiger partial charge in [-0.05, 0) is 136 Å². The standard InChI is InChI=1S/C21H21N2.C17H21N2.C16H19N2.C13H13N2.C11H22O2.3C5H10O2.4Ir/c1-13-6-14(2)9-18(8-13)20-12-22-21(17(5)23-20)19-10-15(3)7-16(4)11-19;1-11-7-14(9-15(8-11)17(4,5)6)16-13(3)19-12(2)10-18-16;1-11-6-12(2)8-13(7-11)14-9-15(16(3,4)5)18-10-17-14;1-9-6-10(2)8-12(7-9)13-11(3)14-4-5-15-13;1-10(2,3)8(12)7-9(13)11(4,5)6;3*1-4(6)3-5(2)7;;;;/h6-10,12H,1-5H3;8-10H,1-6H3;6-7,9-10H,1-5H3;4-7H,1-3H3;7-8,12-13H,1-6H3;3*3-4,6-7H,1-2H3;;;;/q4*-1;;;;;;;;. The van der Waals surface area contributed by atoms with Crippen LogP contribution in [0.3, 0.4) is 0 Å². The molecular weight excluding hydrogens is 2130 g/mol. The zero-order valence-corrected chi connectivity index (χ0v) is 82.0. The first-order chi connectivity index (χ1) is 50.1. The third-order valence-electron chi connectivity index (χ3n) is 15.6. The van der Waals surface area contributed by atoms with E-state index in [1.807, 2.05) is 88.6 Å².